The molecule has 3 rings (SSSR count). The molecule has 4 heteroatoms. The molecule has 2 saturated heterocycles. The fourth-order valence-electron chi connectivity index (χ4n) is 2.84. The van der Waals surface area contributed by atoms with E-state index in [0.717, 1.165) is 25.1 Å². The highest BCUT2D eigenvalue weighted by Crippen LogP contribution is 2.38. The number of nitrogens with zero attached hydrogens (tertiary/aromatic N) is 1. The number of ether oxygens (including phenoxy) is 1. The molecule has 3 aliphatic rings. The third kappa shape index (κ3) is 1.84. The summed E-state index contributed by atoms with van der Waals surface area (Å²) in [6.07, 6.45) is 5.94. The summed E-state index contributed by atoms with van der Waals surface area (Å²) in [5, 5.41) is 0.686. The molecule has 84 valence electrons. The third-order valence-corrected chi connectivity index (χ3v) is 5.09. The van der Waals surface area contributed by atoms with Gasteiger partial charge in [-0.25, -0.2) is 4.79 Å². The van der Waals surface area contributed by atoms with E-state index in [1.807, 2.05) is 16.7 Å². The van der Waals surface area contributed by atoms with E-state index >= 15 is 0 Å². The molecule has 0 aromatic heterocycles. The fraction of sp³-hybridized carbons (Fsp3) is 0.909. The second kappa shape index (κ2) is 3.89. The first-order chi connectivity index (χ1) is 7.33. The van der Waals surface area contributed by atoms with E-state index < -0.39 is 0 Å². The van der Waals surface area contributed by atoms with Crippen LogP contribution in [0.25, 0.3) is 0 Å². The highest BCUT2D eigenvalue weighted by molar-refractivity contribution is 8.00. The Kier molecular flexibility index (Phi) is 2.54. The molecule has 2 heterocycles. The Morgan fingerprint density at radius 1 is 1.33 bits per heavy atom. The largest absolute Gasteiger partial charge is 0.446 e. The lowest BCUT2D eigenvalue weighted by Gasteiger charge is -2.27. The van der Waals surface area contributed by atoms with Crippen molar-refractivity contribution < 1.29 is 9.53 Å². The monoisotopic (exact) mass is 227 g/mol. The summed E-state index contributed by atoms with van der Waals surface area (Å²) >= 11 is 2.01. The van der Waals surface area contributed by atoms with E-state index in [4.69, 9.17) is 4.74 Å². The van der Waals surface area contributed by atoms with E-state index in [2.05, 4.69) is 0 Å². The second-order valence-corrected chi connectivity index (χ2v) is 6.12. The van der Waals surface area contributed by atoms with E-state index in [0.29, 0.717) is 11.3 Å². The molecule has 1 saturated carbocycles. The van der Waals surface area contributed by atoms with Crippen molar-refractivity contribution in [3.8, 4) is 0 Å². The molecule has 3 nitrogen and oxygen atoms in total. The normalized spacial score (nSPS) is 35.1. The molecular weight excluding hydrogens is 210 g/mol. The number of rotatable bonds is 1. The maximum absolute atomic E-state index is 11.9. The van der Waals surface area contributed by atoms with Crippen LogP contribution in [0.2, 0.25) is 0 Å². The Balaban J connectivity index is 1.56. The van der Waals surface area contributed by atoms with Gasteiger partial charge >= 0.3 is 6.09 Å². The van der Waals surface area contributed by atoms with Crippen molar-refractivity contribution >= 4 is 17.9 Å². The number of carbonyl (C=O) groups excluding carboxylic acids is 1. The van der Waals surface area contributed by atoms with Gasteiger partial charge in [0.2, 0.25) is 0 Å². The number of thioether (sulfide) groups is 1. The van der Waals surface area contributed by atoms with Gasteiger partial charge in [0, 0.05) is 23.6 Å². The first-order valence-electron chi connectivity index (χ1n) is 5.92. The summed E-state index contributed by atoms with van der Waals surface area (Å²) in [6, 6.07) is 0.467. The van der Waals surface area contributed by atoms with Crippen LogP contribution >= 0.6 is 11.8 Å². The first-order valence-corrected chi connectivity index (χ1v) is 6.96. The summed E-state index contributed by atoms with van der Waals surface area (Å²) in [7, 11) is 0. The summed E-state index contributed by atoms with van der Waals surface area (Å²) < 4.78 is 5.53. The number of amides is 1. The molecular formula is C11H17NO2S. The molecule has 0 spiro atoms. The Morgan fingerprint density at radius 2 is 2.13 bits per heavy atom. The number of carbonyl (C=O) groups is 1. The summed E-state index contributed by atoms with van der Waals surface area (Å²) in [4.78, 5) is 13.8. The van der Waals surface area contributed by atoms with Crippen LogP contribution in [0.15, 0.2) is 0 Å². The number of hydrogen-bond donors (Lipinski definition) is 0. The maximum atomic E-state index is 11.9. The van der Waals surface area contributed by atoms with Crippen LogP contribution in [0.3, 0.4) is 0 Å². The Bertz CT molecular complexity index is 265. The van der Waals surface area contributed by atoms with Gasteiger partial charge in [0.15, 0.2) is 0 Å². The Hall–Kier alpha value is -0.380. The van der Waals surface area contributed by atoms with Crippen molar-refractivity contribution in [1.82, 2.24) is 4.90 Å². The highest BCUT2D eigenvalue weighted by Gasteiger charge is 2.42. The molecule has 1 aliphatic carbocycles. The second-order valence-electron chi connectivity index (χ2n) is 4.79. The van der Waals surface area contributed by atoms with Crippen LogP contribution in [-0.4, -0.2) is 40.7 Å². The minimum Gasteiger partial charge on any atom is -0.446 e. The molecule has 3 fully saturated rings. The Morgan fingerprint density at radius 3 is 2.73 bits per heavy atom. The average molecular weight is 227 g/mol. The van der Waals surface area contributed by atoms with Gasteiger partial charge in [-0.15, -0.1) is 0 Å². The predicted molar refractivity (Wildman–Crippen MR) is 60.1 cm³/mol. The van der Waals surface area contributed by atoms with Crippen LogP contribution in [0.1, 0.15) is 32.1 Å². The number of hydrogen-bond acceptors (Lipinski definition) is 3. The fourth-order valence-corrected chi connectivity index (χ4v) is 4.27. The molecule has 2 atom stereocenters. The molecule has 2 bridgehead atoms. The standard InChI is InChI=1S/C11H17NO2S/c13-11(14-9-3-1-2-4-9)12-6-10-5-8(12)7-15-10/h8-10H,1-7H2. The zero-order valence-corrected chi connectivity index (χ0v) is 9.67. The van der Waals surface area contributed by atoms with Crippen molar-refractivity contribution in [2.75, 3.05) is 12.3 Å². The highest BCUT2D eigenvalue weighted by atomic mass is 32.2. The average Bonchev–Trinajstić information content (AvgIpc) is 2.93. The number of fused-ring (bicyclic) bond motifs is 2. The zero-order chi connectivity index (χ0) is 10.3. The molecule has 2 aliphatic heterocycles. The summed E-state index contributed by atoms with van der Waals surface area (Å²) in [5.41, 5.74) is 0. The van der Waals surface area contributed by atoms with Gasteiger partial charge in [-0.1, -0.05) is 0 Å². The van der Waals surface area contributed by atoms with Gasteiger partial charge in [0.25, 0.3) is 0 Å². The van der Waals surface area contributed by atoms with Crippen LogP contribution < -0.4 is 0 Å². The minimum atomic E-state index is -0.0466. The Labute approximate surface area is 94.5 Å². The quantitative estimate of drug-likeness (QED) is 0.688. The van der Waals surface area contributed by atoms with Gasteiger partial charge in [-0.2, -0.15) is 11.8 Å². The minimum absolute atomic E-state index is 0.0466. The third-order valence-electron chi connectivity index (χ3n) is 3.70. The van der Waals surface area contributed by atoms with E-state index in [1.165, 1.54) is 19.3 Å². The van der Waals surface area contributed by atoms with Gasteiger partial charge in [-0.3, -0.25) is 0 Å². The lowest BCUT2D eigenvalue weighted by atomic mass is 10.2. The summed E-state index contributed by atoms with van der Waals surface area (Å²) in [6.45, 7) is 0.918. The molecule has 0 aromatic carbocycles. The van der Waals surface area contributed by atoms with Gasteiger partial charge < -0.3 is 9.64 Å². The zero-order valence-electron chi connectivity index (χ0n) is 8.85. The van der Waals surface area contributed by atoms with Gasteiger partial charge in [0.05, 0.1) is 0 Å². The van der Waals surface area contributed by atoms with E-state index in [1.54, 1.807) is 0 Å². The van der Waals surface area contributed by atoms with Gasteiger partial charge in [-0.05, 0) is 32.1 Å². The summed E-state index contributed by atoms with van der Waals surface area (Å²) in [5.74, 6) is 1.12. The van der Waals surface area contributed by atoms with Gasteiger partial charge in [0.1, 0.15) is 6.10 Å². The van der Waals surface area contributed by atoms with Crippen molar-refractivity contribution in [1.29, 1.82) is 0 Å². The van der Waals surface area contributed by atoms with Crippen LogP contribution in [0.4, 0.5) is 4.79 Å². The van der Waals surface area contributed by atoms with Crippen molar-refractivity contribution in [2.24, 2.45) is 0 Å². The lowest BCUT2D eigenvalue weighted by Crippen LogP contribution is -2.40. The molecule has 2 unspecified atom stereocenters. The maximum Gasteiger partial charge on any atom is 0.410 e. The lowest BCUT2D eigenvalue weighted by molar-refractivity contribution is 0.0639. The van der Waals surface area contributed by atoms with Crippen LogP contribution in [0.5, 0.6) is 0 Å². The first kappa shape index (κ1) is 9.82. The topological polar surface area (TPSA) is 29.5 Å². The van der Waals surface area contributed by atoms with E-state index in [9.17, 15) is 4.79 Å². The van der Waals surface area contributed by atoms with Crippen LogP contribution in [-0.2, 0) is 4.74 Å². The molecule has 15 heavy (non-hydrogen) atoms. The van der Waals surface area contributed by atoms with Crippen molar-refractivity contribution in [3.05, 3.63) is 0 Å². The van der Waals surface area contributed by atoms with Crippen LogP contribution in [0, 0.1) is 0 Å². The molecule has 0 radical (unpaired) electrons. The number of likely N-dealkylation sites (tertiary alicyclic amines) is 1. The van der Waals surface area contributed by atoms with E-state index in [-0.39, 0.29) is 12.2 Å². The predicted octanol–water partition coefficient (Wildman–Crippen LogP) is 2.26. The molecule has 0 aromatic rings. The molecule has 0 N–H and O–H groups in total. The molecule has 1 amide bonds. The van der Waals surface area contributed by atoms with Crippen molar-refractivity contribution in [3.63, 3.8) is 0 Å². The smallest absolute Gasteiger partial charge is 0.410 e. The van der Waals surface area contributed by atoms with Crippen molar-refractivity contribution in [2.45, 2.75) is 49.5 Å². The SMILES string of the molecule is O=C(OC1CCCC1)N1CC2CC1CS2.